The van der Waals surface area contributed by atoms with Crippen molar-refractivity contribution in [1.29, 1.82) is 0 Å². The first-order valence-corrected chi connectivity index (χ1v) is 11.4. The molecule has 0 bridgehead atoms. The Bertz CT molecular complexity index is 1270. The van der Waals surface area contributed by atoms with E-state index in [4.69, 9.17) is 23.4 Å². The zero-order chi connectivity index (χ0) is 25.2. The van der Waals surface area contributed by atoms with Crippen molar-refractivity contribution in [1.82, 2.24) is 0 Å². The largest absolute Gasteiger partial charge is 0.493 e. The number of carbonyl (C=O) groups excluding carboxylic acids is 2. The number of methoxy groups -OCH3 is 1. The molecule has 1 heterocycles. The van der Waals surface area contributed by atoms with Gasteiger partial charge in [0.25, 0.3) is 0 Å². The molecule has 0 fully saturated rings. The van der Waals surface area contributed by atoms with Crippen LogP contribution in [-0.4, -0.2) is 32.3 Å². The number of carbonyl (C=O) groups is 2. The quantitative estimate of drug-likeness (QED) is 0.122. The Labute approximate surface area is 203 Å². The molecule has 3 rings (SSSR count). The van der Waals surface area contributed by atoms with Crippen molar-refractivity contribution in [3.05, 3.63) is 70.1 Å². The Hall–Kier alpha value is -4.07. The average Bonchev–Trinajstić information content (AvgIpc) is 2.85. The van der Waals surface area contributed by atoms with Gasteiger partial charge in [0.15, 0.2) is 11.5 Å². The van der Waals surface area contributed by atoms with E-state index in [0.29, 0.717) is 23.5 Å². The molecule has 0 N–H and O–H groups in total. The number of ether oxygens (including phenoxy) is 4. The second kappa shape index (κ2) is 12.4. The Morgan fingerprint density at radius 3 is 2.57 bits per heavy atom. The highest BCUT2D eigenvalue weighted by Gasteiger charge is 2.15. The summed E-state index contributed by atoms with van der Waals surface area (Å²) in [6, 6.07) is 11.3. The minimum atomic E-state index is -0.828. The predicted octanol–water partition coefficient (Wildman–Crippen LogP) is 5.17. The molecule has 0 amide bonds. The highest BCUT2D eigenvalue weighted by atomic mass is 16.5. The fourth-order valence-corrected chi connectivity index (χ4v) is 3.26. The first kappa shape index (κ1) is 25.6. The zero-order valence-electron chi connectivity index (χ0n) is 20.0. The fraction of sp³-hybridized carbons (Fsp3) is 0.296. The van der Waals surface area contributed by atoms with Crippen molar-refractivity contribution in [3.8, 4) is 17.2 Å². The van der Waals surface area contributed by atoms with Crippen LogP contribution in [-0.2, 0) is 9.53 Å². The summed E-state index contributed by atoms with van der Waals surface area (Å²) in [5.74, 6) is 0.0358. The van der Waals surface area contributed by atoms with E-state index in [2.05, 4.69) is 6.92 Å². The van der Waals surface area contributed by atoms with E-state index in [1.54, 1.807) is 38.3 Å². The summed E-state index contributed by atoms with van der Waals surface area (Å²) in [5.41, 5.74) is -0.113. The lowest BCUT2D eigenvalue weighted by Crippen LogP contribution is -2.16. The van der Waals surface area contributed by atoms with E-state index in [1.807, 2.05) is 6.07 Å². The third-order valence-corrected chi connectivity index (χ3v) is 5.03. The van der Waals surface area contributed by atoms with Crippen LogP contribution in [0.15, 0.2) is 57.8 Å². The number of rotatable bonds is 11. The molecule has 8 nitrogen and oxygen atoms in total. The summed E-state index contributed by atoms with van der Waals surface area (Å²) in [7, 11) is 1.56. The molecular formula is C27H28O8. The zero-order valence-corrected chi connectivity index (χ0v) is 20.0. The Kier molecular flexibility index (Phi) is 9.06. The maximum Gasteiger partial charge on any atom is 0.351 e. The van der Waals surface area contributed by atoms with Crippen molar-refractivity contribution in [3.63, 3.8) is 0 Å². The summed E-state index contributed by atoms with van der Waals surface area (Å²) in [6.07, 6.45) is 6.06. The van der Waals surface area contributed by atoms with E-state index < -0.39 is 17.6 Å². The highest BCUT2D eigenvalue weighted by Crippen LogP contribution is 2.29. The Morgan fingerprint density at radius 1 is 1.00 bits per heavy atom. The summed E-state index contributed by atoms with van der Waals surface area (Å²) in [4.78, 5) is 36.3. The third-order valence-electron chi connectivity index (χ3n) is 5.03. The number of hydrogen-bond acceptors (Lipinski definition) is 8. The second-order valence-corrected chi connectivity index (χ2v) is 7.59. The number of esters is 2. The lowest BCUT2D eigenvalue weighted by atomic mass is 10.2. The molecule has 3 aromatic rings. The lowest BCUT2D eigenvalue weighted by molar-refractivity contribution is -0.128. The number of fused-ring (bicyclic) bond motifs is 1. The first-order valence-electron chi connectivity index (χ1n) is 11.4. The minimum absolute atomic E-state index is 0.141. The molecule has 0 saturated carbocycles. The average molecular weight is 481 g/mol. The van der Waals surface area contributed by atoms with Crippen LogP contribution in [0, 0.1) is 0 Å². The van der Waals surface area contributed by atoms with Crippen molar-refractivity contribution in [2.75, 3.05) is 20.3 Å². The van der Waals surface area contributed by atoms with Gasteiger partial charge in [-0.3, -0.25) is 0 Å². The fourth-order valence-electron chi connectivity index (χ4n) is 3.26. The van der Waals surface area contributed by atoms with Crippen LogP contribution in [0.2, 0.25) is 0 Å². The molecule has 35 heavy (non-hydrogen) atoms. The van der Waals surface area contributed by atoms with Gasteiger partial charge in [-0.1, -0.05) is 25.8 Å². The van der Waals surface area contributed by atoms with Crippen LogP contribution in [0.3, 0.4) is 0 Å². The van der Waals surface area contributed by atoms with E-state index in [1.165, 1.54) is 24.3 Å². The van der Waals surface area contributed by atoms with Crippen LogP contribution < -0.4 is 19.8 Å². The van der Waals surface area contributed by atoms with Gasteiger partial charge in [-0.05, 0) is 55.3 Å². The smallest absolute Gasteiger partial charge is 0.351 e. The summed E-state index contributed by atoms with van der Waals surface area (Å²) >= 11 is 0. The van der Waals surface area contributed by atoms with Crippen molar-refractivity contribution in [2.24, 2.45) is 0 Å². The molecular weight excluding hydrogens is 452 g/mol. The first-order chi connectivity index (χ1) is 16.9. The molecule has 2 aromatic carbocycles. The SMILES string of the molecule is CCCCCOc1ccc(/C=C/C(=O)Oc2ccc3cc(C(=O)OCC)c(=O)oc3c2)cc1OC. The molecule has 0 aliphatic rings. The van der Waals surface area contributed by atoms with Crippen molar-refractivity contribution < 1.29 is 33.0 Å². The van der Waals surface area contributed by atoms with Crippen LogP contribution in [0.4, 0.5) is 0 Å². The molecule has 0 aliphatic carbocycles. The number of hydrogen-bond donors (Lipinski definition) is 0. The van der Waals surface area contributed by atoms with Crippen LogP contribution in [0.1, 0.15) is 49.0 Å². The molecule has 0 aliphatic heterocycles. The Morgan fingerprint density at radius 2 is 1.83 bits per heavy atom. The van der Waals surface area contributed by atoms with Gasteiger partial charge in [0.1, 0.15) is 16.9 Å². The van der Waals surface area contributed by atoms with Gasteiger partial charge in [-0.2, -0.15) is 0 Å². The van der Waals surface area contributed by atoms with E-state index in [0.717, 1.165) is 24.8 Å². The molecule has 1 aromatic heterocycles. The van der Waals surface area contributed by atoms with E-state index >= 15 is 0 Å². The predicted molar refractivity (Wildman–Crippen MR) is 131 cm³/mol. The van der Waals surface area contributed by atoms with E-state index in [-0.39, 0.29) is 23.5 Å². The van der Waals surface area contributed by atoms with Gasteiger partial charge in [-0.15, -0.1) is 0 Å². The maximum atomic E-state index is 12.3. The summed E-state index contributed by atoms with van der Waals surface area (Å²) in [6.45, 7) is 4.53. The van der Waals surface area contributed by atoms with Gasteiger partial charge in [0, 0.05) is 17.5 Å². The number of unbranched alkanes of at least 4 members (excludes halogenated alkanes) is 2. The standard InChI is InChI=1S/C27H28O8/c1-4-6-7-14-33-22-12-8-18(15-24(22)31-3)9-13-25(28)34-20-11-10-19-16-21(26(29)32-5-2)27(30)35-23(19)17-20/h8-13,15-17H,4-7,14H2,1-3H3/b13-9+. The Balaban J connectivity index is 1.67. The van der Waals surface area contributed by atoms with Crippen molar-refractivity contribution >= 4 is 29.0 Å². The van der Waals surface area contributed by atoms with Gasteiger partial charge in [-0.25, -0.2) is 14.4 Å². The molecule has 0 saturated heterocycles. The normalized spacial score (nSPS) is 10.9. The van der Waals surface area contributed by atoms with Crippen LogP contribution >= 0.6 is 0 Å². The lowest BCUT2D eigenvalue weighted by Gasteiger charge is -2.11. The number of benzene rings is 2. The molecule has 0 spiro atoms. The van der Waals surface area contributed by atoms with Gasteiger partial charge in [0.2, 0.25) is 0 Å². The third kappa shape index (κ3) is 6.96. The molecule has 0 unspecified atom stereocenters. The highest BCUT2D eigenvalue weighted by molar-refractivity contribution is 5.93. The molecule has 184 valence electrons. The molecule has 8 heteroatoms. The van der Waals surface area contributed by atoms with Gasteiger partial charge in [0.05, 0.1) is 20.3 Å². The van der Waals surface area contributed by atoms with Gasteiger partial charge >= 0.3 is 17.6 Å². The summed E-state index contributed by atoms with van der Waals surface area (Å²) in [5, 5.41) is 0.493. The summed E-state index contributed by atoms with van der Waals surface area (Å²) < 4.78 is 26.5. The topological polar surface area (TPSA) is 101 Å². The maximum absolute atomic E-state index is 12.3. The van der Waals surface area contributed by atoms with Crippen LogP contribution in [0.5, 0.6) is 17.2 Å². The second-order valence-electron chi connectivity index (χ2n) is 7.59. The molecule has 0 atom stereocenters. The van der Waals surface area contributed by atoms with Crippen LogP contribution in [0.25, 0.3) is 17.0 Å². The minimum Gasteiger partial charge on any atom is -0.493 e. The molecule has 0 radical (unpaired) electrons. The monoisotopic (exact) mass is 480 g/mol. The van der Waals surface area contributed by atoms with E-state index in [9.17, 15) is 14.4 Å². The van der Waals surface area contributed by atoms with Crippen molar-refractivity contribution in [2.45, 2.75) is 33.1 Å². The van der Waals surface area contributed by atoms with Gasteiger partial charge < -0.3 is 23.4 Å².